The van der Waals surface area contributed by atoms with Crippen molar-refractivity contribution >= 4 is 0 Å². The number of benzene rings is 1. The third-order valence-corrected chi connectivity index (χ3v) is 3.82. The van der Waals surface area contributed by atoms with Crippen LogP contribution in [0.15, 0.2) is 48.7 Å². The van der Waals surface area contributed by atoms with Gasteiger partial charge in [0.2, 0.25) is 0 Å². The zero-order valence-corrected chi connectivity index (χ0v) is 11.9. The molecular formula is C18H15N3O. The van der Waals surface area contributed by atoms with Crippen LogP contribution in [0, 0.1) is 23.2 Å². The largest absolute Gasteiger partial charge is 0.395 e. The second-order valence-electron chi connectivity index (χ2n) is 5.18. The first-order valence-corrected chi connectivity index (χ1v) is 7.11. The Kier molecular flexibility index (Phi) is 4.16. The lowest BCUT2D eigenvalue weighted by Gasteiger charge is -2.41. The first-order chi connectivity index (χ1) is 10.8. The third kappa shape index (κ3) is 2.84. The summed E-state index contributed by atoms with van der Waals surface area (Å²) in [5, 5.41) is 21.4. The van der Waals surface area contributed by atoms with Gasteiger partial charge >= 0.3 is 0 Å². The van der Waals surface area contributed by atoms with Gasteiger partial charge in [0.1, 0.15) is 11.7 Å². The molecule has 0 amide bonds. The Hall–Kier alpha value is -2.66. The molecule has 4 heteroatoms. The molecule has 1 aliphatic heterocycles. The van der Waals surface area contributed by atoms with Crippen LogP contribution in [0.5, 0.6) is 0 Å². The van der Waals surface area contributed by atoms with Gasteiger partial charge in [-0.3, -0.25) is 5.32 Å². The van der Waals surface area contributed by atoms with Crippen molar-refractivity contribution in [2.75, 3.05) is 6.61 Å². The second-order valence-corrected chi connectivity index (χ2v) is 5.18. The van der Waals surface area contributed by atoms with Gasteiger partial charge < -0.3 is 5.11 Å². The molecule has 1 aromatic carbocycles. The van der Waals surface area contributed by atoms with Crippen LogP contribution in [-0.2, 0) is 0 Å². The monoisotopic (exact) mass is 289 g/mol. The highest BCUT2D eigenvalue weighted by atomic mass is 16.3. The predicted molar refractivity (Wildman–Crippen MR) is 82.8 cm³/mol. The van der Waals surface area contributed by atoms with Crippen molar-refractivity contribution in [1.82, 2.24) is 10.3 Å². The van der Waals surface area contributed by atoms with E-state index in [0.717, 1.165) is 16.8 Å². The van der Waals surface area contributed by atoms with Gasteiger partial charge in [0, 0.05) is 23.7 Å². The summed E-state index contributed by atoms with van der Waals surface area (Å²) in [7, 11) is 0. The van der Waals surface area contributed by atoms with Crippen molar-refractivity contribution in [2.24, 2.45) is 0 Å². The number of aliphatic hydroxyl groups is 1. The molecule has 3 rings (SSSR count). The Morgan fingerprint density at radius 1 is 1.14 bits per heavy atom. The number of pyridine rings is 1. The number of rotatable bonds is 2. The summed E-state index contributed by atoms with van der Waals surface area (Å²) in [6, 6.07) is 15.4. The summed E-state index contributed by atoms with van der Waals surface area (Å²) in [4.78, 5) is 4.16. The highest BCUT2D eigenvalue weighted by Crippen LogP contribution is 2.31. The van der Waals surface area contributed by atoms with E-state index in [4.69, 9.17) is 5.26 Å². The van der Waals surface area contributed by atoms with Crippen molar-refractivity contribution in [3.05, 3.63) is 65.5 Å². The van der Waals surface area contributed by atoms with E-state index < -0.39 is 0 Å². The Balaban J connectivity index is 1.76. The Bertz CT molecular complexity index is 738. The van der Waals surface area contributed by atoms with Gasteiger partial charge in [0.15, 0.2) is 0 Å². The van der Waals surface area contributed by atoms with E-state index in [1.54, 1.807) is 6.20 Å². The summed E-state index contributed by atoms with van der Waals surface area (Å²) in [5.41, 5.74) is 2.68. The van der Waals surface area contributed by atoms with Gasteiger partial charge in [-0.15, -0.1) is 0 Å². The average Bonchev–Trinajstić information content (AvgIpc) is 2.55. The quantitative estimate of drug-likeness (QED) is 0.821. The maximum Gasteiger partial charge on any atom is 0.113 e. The van der Waals surface area contributed by atoms with E-state index in [-0.39, 0.29) is 24.6 Å². The zero-order chi connectivity index (χ0) is 15.4. The van der Waals surface area contributed by atoms with Crippen LogP contribution in [0.4, 0.5) is 0 Å². The Morgan fingerprint density at radius 3 is 2.59 bits per heavy atom. The molecule has 0 radical (unpaired) electrons. The number of aromatic nitrogens is 1. The highest BCUT2D eigenvalue weighted by molar-refractivity contribution is 5.42. The van der Waals surface area contributed by atoms with Gasteiger partial charge in [0.05, 0.1) is 12.7 Å². The van der Waals surface area contributed by atoms with Crippen LogP contribution in [0.3, 0.4) is 0 Å². The van der Waals surface area contributed by atoms with E-state index in [1.165, 1.54) is 0 Å². The molecule has 0 bridgehead atoms. The zero-order valence-electron chi connectivity index (χ0n) is 11.9. The molecule has 22 heavy (non-hydrogen) atoms. The fourth-order valence-electron chi connectivity index (χ4n) is 2.62. The van der Waals surface area contributed by atoms with Gasteiger partial charge in [-0.2, -0.15) is 5.26 Å². The fraction of sp³-hybridized carbons (Fsp3) is 0.222. The predicted octanol–water partition coefficient (Wildman–Crippen LogP) is 1.42. The number of nitrogens with zero attached hydrogens (tertiary/aromatic N) is 2. The summed E-state index contributed by atoms with van der Waals surface area (Å²) in [6.07, 6.45) is 1.72. The molecular weight excluding hydrogens is 274 g/mol. The third-order valence-electron chi connectivity index (χ3n) is 3.82. The van der Waals surface area contributed by atoms with Crippen LogP contribution >= 0.6 is 0 Å². The van der Waals surface area contributed by atoms with E-state index >= 15 is 0 Å². The molecule has 2 heterocycles. The van der Waals surface area contributed by atoms with Gasteiger partial charge in [-0.25, -0.2) is 4.98 Å². The van der Waals surface area contributed by atoms with Crippen LogP contribution in [0.25, 0.3) is 0 Å². The standard InChI is InChI=1S/C18H15N3O/c19-11-16-18(17(12-22)21-16)14-7-4-13(5-8-14)6-9-15-3-1-2-10-20-15/h1-5,7-8,10,16-18,21-22H,12H2/t16-,17-,18-/m1/s1. The molecule has 2 N–H and O–H groups in total. The molecule has 0 aliphatic carbocycles. The van der Waals surface area contributed by atoms with Crippen LogP contribution in [-0.4, -0.2) is 28.8 Å². The molecule has 2 aromatic rings. The molecule has 3 atom stereocenters. The lowest BCUT2D eigenvalue weighted by atomic mass is 9.78. The highest BCUT2D eigenvalue weighted by Gasteiger charge is 2.40. The molecule has 0 unspecified atom stereocenters. The summed E-state index contributed by atoms with van der Waals surface area (Å²) < 4.78 is 0. The molecule has 1 aromatic heterocycles. The maximum absolute atomic E-state index is 9.29. The summed E-state index contributed by atoms with van der Waals surface area (Å²) in [5.74, 6) is 6.12. The molecule has 0 spiro atoms. The minimum atomic E-state index is -0.234. The summed E-state index contributed by atoms with van der Waals surface area (Å²) >= 11 is 0. The number of aliphatic hydroxyl groups excluding tert-OH is 1. The molecule has 1 aliphatic rings. The van der Waals surface area contributed by atoms with E-state index in [9.17, 15) is 5.11 Å². The molecule has 1 fully saturated rings. The number of hydrogen-bond acceptors (Lipinski definition) is 4. The van der Waals surface area contributed by atoms with Gasteiger partial charge in [-0.05, 0) is 35.7 Å². The van der Waals surface area contributed by atoms with Crippen molar-refractivity contribution in [3.63, 3.8) is 0 Å². The van der Waals surface area contributed by atoms with E-state index in [0.29, 0.717) is 0 Å². The topological polar surface area (TPSA) is 68.9 Å². The van der Waals surface area contributed by atoms with Crippen molar-refractivity contribution < 1.29 is 5.11 Å². The molecule has 4 nitrogen and oxygen atoms in total. The Labute approximate surface area is 129 Å². The fourth-order valence-corrected chi connectivity index (χ4v) is 2.62. The Morgan fingerprint density at radius 2 is 1.95 bits per heavy atom. The molecule has 1 saturated heterocycles. The summed E-state index contributed by atoms with van der Waals surface area (Å²) in [6.45, 7) is 0.0318. The van der Waals surface area contributed by atoms with E-state index in [1.807, 2.05) is 42.5 Å². The molecule has 108 valence electrons. The first kappa shape index (κ1) is 14.3. The molecule has 0 saturated carbocycles. The lowest BCUT2D eigenvalue weighted by Crippen LogP contribution is -2.60. The second kappa shape index (κ2) is 6.41. The van der Waals surface area contributed by atoms with Crippen LogP contribution < -0.4 is 5.32 Å². The van der Waals surface area contributed by atoms with E-state index in [2.05, 4.69) is 28.2 Å². The van der Waals surface area contributed by atoms with Crippen molar-refractivity contribution in [2.45, 2.75) is 18.0 Å². The average molecular weight is 289 g/mol. The number of hydrogen-bond donors (Lipinski definition) is 2. The smallest absolute Gasteiger partial charge is 0.113 e. The minimum absolute atomic E-state index is 0.0318. The normalized spacial score (nSPS) is 22.8. The van der Waals surface area contributed by atoms with Crippen molar-refractivity contribution in [1.29, 1.82) is 5.26 Å². The number of nitriles is 1. The SMILES string of the molecule is N#C[C@H]1N[C@H](CO)[C@@H]1c1ccc(C#Cc2ccccn2)cc1. The van der Waals surface area contributed by atoms with Crippen LogP contribution in [0.2, 0.25) is 0 Å². The number of nitrogens with one attached hydrogen (secondary N) is 1. The van der Waals surface area contributed by atoms with Crippen LogP contribution in [0.1, 0.15) is 22.7 Å². The van der Waals surface area contributed by atoms with Gasteiger partial charge in [-0.1, -0.05) is 24.1 Å². The van der Waals surface area contributed by atoms with Crippen molar-refractivity contribution in [3.8, 4) is 17.9 Å². The lowest BCUT2D eigenvalue weighted by molar-refractivity contribution is 0.151. The van der Waals surface area contributed by atoms with Gasteiger partial charge in [0.25, 0.3) is 0 Å². The first-order valence-electron chi connectivity index (χ1n) is 7.11. The minimum Gasteiger partial charge on any atom is -0.395 e. The maximum atomic E-state index is 9.29.